The molecule has 0 aliphatic rings. The van der Waals surface area contributed by atoms with Crippen molar-refractivity contribution in [3.05, 3.63) is 34.3 Å². The molecule has 1 nitrogen and oxygen atoms in total. The van der Waals surface area contributed by atoms with Crippen LogP contribution in [0.2, 0.25) is 10.0 Å². The molecule has 52 valence electrons. The Bertz CT molecular complexity index is 182. The molecule has 0 radical (unpaired) electrons. The van der Waals surface area contributed by atoms with E-state index in [0.29, 0.717) is 0 Å². The van der Waals surface area contributed by atoms with E-state index in [2.05, 4.69) is 6.57 Å². The number of halogens is 2. The van der Waals surface area contributed by atoms with E-state index in [1.165, 1.54) is 0 Å². The van der Waals surface area contributed by atoms with Gasteiger partial charge in [0.1, 0.15) is 0 Å². The van der Waals surface area contributed by atoms with Gasteiger partial charge in [0.2, 0.25) is 0 Å². The van der Waals surface area contributed by atoms with Gasteiger partial charge in [0.15, 0.2) is 0 Å². The second-order valence-electron chi connectivity index (χ2n) is 1.44. The first-order valence-electron chi connectivity index (χ1n) is 2.46. The molecule has 1 aromatic carbocycles. The molecule has 1 rings (SSSR count). The maximum atomic E-state index is 6.50. The molecule has 0 aromatic heterocycles. The molecule has 0 heterocycles. The SMILES string of the molecule is C#N.Clc1ccc(Cl)cc1. The molecule has 3 heteroatoms. The molecule has 0 saturated carbocycles. The van der Waals surface area contributed by atoms with Gasteiger partial charge < -0.3 is 0 Å². The van der Waals surface area contributed by atoms with E-state index in [1.807, 2.05) is 0 Å². The zero-order valence-corrected chi connectivity index (χ0v) is 6.60. The zero-order valence-electron chi connectivity index (χ0n) is 5.09. The molecular formula is C7H5Cl2N. The summed E-state index contributed by atoms with van der Waals surface area (Å²) in [5, 5.41) is 7.93. The van der Waals surface area contributed by atoms with Crippen LogP contribution in [0.4, 0.5) is 0 Å². The van der Waals surface area contributed by atoms with Gasteiger partial charge in [0, 0.05) is 16.6 Å². The first-order chi connectivity index (χ1) is 4.79. The molecule has 0 spiro atoms. The highest BCUT2D eigenvalue weighted by molar-refractivity contribution is 6.32. The normalized spacial score (nSPS) is 7.60. The second kappa shape index (κ2) is 5.10. The molecule has 0 fully saturated rings. The van der Waals surface area contributed by atoms with Gasteiger partial charge in [-0.3, -0.25) is 0 Å². The topological polar surface area (TPSA) is 23.8 Å². The summed E-state index contributed by atoms with van der Waals surface area (Å²) in [5.74, 6) is 0. The highest BCUT2D eigenvalue weighted by Crippen LogP contribution is 2.12. The van der Waals surface area contributed by atoms with Crippen LogP contribution in [0.3, 0.4) is 0 Å². The van der Waals surface area contributed by atoms with Crippen molar-refractivity contribution in [2.24, 2.45) is 0 Å². The van der Waals surface area contributed by atoms with Crippen molar-refractivity contribution in [3.63, 3.8) is 0 Å². The second-order valence-corrected chi connectivity index (χ2v) is 2.31. The van der Waals surface area contributed by atoms with Crippen molar-refractivity contribution in [1.29, 1.82) is 5.26 Å². The lowest BCUT2D eigenvalue weighted by Crippen LogP contribution is -1.60. The number of benzene rings is 1. The van der Waals surface area contributed by atoms with Crippen LogP contribution in [0.5, 0.6) is 0 Å². The fourth-order valence-corrected chi connectivity index (χ4v) is 0.682. The summed E-state index contributed by atoms with van der Waals surface area (Å²) >= 11 is 11.1. The lowest BCUT2D eigenvalue weighted by Gasteiger charge is -1.86. The Morgan fingerprint density at radius 1 is 0.900 bits per heavy atom. The molecule has 1 aromatic rings. The van der Waals surface area contributed by atoms with Crippen LogP contribution in [0.25, 0.3) is 0 Å². The fourth-order valence-electron chi connectivity index (χ4n) is 0.430. The highest BCUT2D eigenvalue weighted by Gasteiger charge is 1.83. The molecule has 0 saturated heterocycles. The Kier molecular flexibility index (Phi) is 4.74. The van der Waals surface area contributed by atoms with Crippen LogP contribution < -0.4 is 0 Å². The van der Waals surface area contributed by atoms with E-state index in [9.17, 15) is 0 Å². The quantitative estimate of drug-likeness (QED) is 0.592. The van der Waals surface area contributed by atoms with Crippen molar-refractivity contribution >= 4 is 23.2 Å². The first kappa shape index (κ1) is 9.29. The average Bonchev–Trinajstić information content (AvgIpc) is 2.00. The minimum atomic E-state index is 0.717. The van der Waals surface area contributed by atoms with E-state index >= 15 is 0 Å². The summed E-state index contributed by atoms with van der Waals surface area (Å²) in [5.41, 5.74) is 0. The van der Waals surface area contributed by atoms with Crippen molar-refractivity contribution < 1.29 is 0 Å². The smallest absolute Gasteiger partial charge is 0.0462 e. The molecule has 0 unspecified atom stereocenters. The van der Waals surface area contributed by atoms with Crippen LogP contribution in [0.1, 0.15) is 0 Å². The Labute approximate surface area is 69.8 Å². The van der Waals surface area contributed by atoms with Gasteiger partial charge >= 0.3 is 0 Å². The summed E-state index contributed by atoms with van der Waals surface area (Å²) in [7, 11) is 0. The Hall–Kier alpha value is -0.710. The zero-order chi connectivity index (χ0) is 7.98. The third kappa shape index (κ3) is 3.34. The molecule has 0 N–H and O–H groups in total. The molecule has 0 amide bonds. The maximum absolute atomic E-state index is 6.50. The summed E-state index contributed by atoms with van der Waals surface area (Å²) in [6, 6.07) is 7.02. The predicted octanol–water partition coefficient (Wildman–Crippen LogP) is 3.13. The van der Waals surface area contributed by atoms with E-state index < -0.39 is 0 Å². The van der Waals surface area contributed by atoms with Gasteiger partial charge in [-0.05, 0) is 24.3 Å². The van der Waals surface area contributed by atoms with Crippen LogP contribution in [-0.4, -0.2) is 0 Å². The largest absolute Gasteiger partial charge is 0.202 e. The van der Waals surface area contributed by atoms with E-state index in [0.717, 1.165) is 10.0 Å². The van der Waals surface area contributed by atoms with Gasteiger partial charge in [-0.15, -0.1) is 0 Å². The Morgan fingerprint density at radius 3 is 1.30 bits per heavy atom. The van der Waals surface area contributed by atoms with Crippen molar-refractivity contribution in [2.45, 2.75) is 0 Å². The first-order valence-corrected chi connectivity index (χ1v) is 3.21. The van der Waals surface area contributed by atoms with Crippen molar-refractivity contribution in [1.82, 2.24) is 0 Å². The summed E-state index contributed by atoms with van der Waals surface area (Å²) < 4.78 is 0. The van der Waals surface area contributed by atoms with E-state index in [4.69, 9.17) is 28.5 Å². The minimum absolute atomic E-state index is 0.717. The number of hydrogen-bond donors (Lipinski definition) is 0. The molecule has 0 atom stereocenters. The van der Waals surface area contributed by atoms with Gasteiger partial charge in [-0.2, -0.15) is 0 Å². The van der Waals surface area contributed by atoms with E-state index in [-0.39, 0.29) is 0 Å². The van der Waals surface area contributed by atoms with Gasteiger partial charge in [0.05, 0.1) is 0 Å². The van der Waals surface area contributed by atoms with Gasteiger partial charge in [0.25, 0.3) is 0 Å². The minimum Gasteiger partial charge on any atom is -0.202 e. The highest BCUT2D eigenvalue weighted by atomic mass is 35.5. The van der Waals surface area contributed by atoms with Gasteiger partial charge in [-0.1, -0.05) is 23.2 Å². The lowest BCUT2D eigenvalue weighted by atomic mass is 10.4. The van der Waals surface area contributed by atoms with Gasteiger partial charge in [-0.25, -0.2) is 5.26 Å². The lowest BCUT2D eigenvalue weighted by molar-refractivity contribution is 1.58. The third-order valence-corrected chi connectivity index (χ3v) is 1.31. The van der Waals surface area contributed by atoms with Crippen LogP contribution in [0, 0.1) is 11.8 Å². The molecular weight excluding hydrogens is 169 g/mol. The summed E-state index contributed by atoms with van der Waals surface area (Å²) in [6.45, 7) is 3.50. The molecule has 10 heavy (non-hydrogen) atoms. The number of hydrogen-bond acceptors (Lipinski definition) is 1. The number of nitrogens with zero attached hydrogens (tertiary/aromatic N) is 1. The number of nitriles is 1. The Morgan fingerprint density at radius 2 is 1.10 bits per heavy atom. The molecule has 0 aliphatic carbocycles. The summed E-state index contributed by atoms with van der Waals surface area (Å²) in [6.07, 6.45) is 0. The summed E-state index contributed by atoms with van der Waals surface area (Å²) in [4.78, 5) is 0. The van der Waals surface area contributed by atoms with Crippen LogP contribution in [-0.2, 0) is 0 Å². The van der Waals surface area contributed by atoms with Crippen molar-refractivity contribution in [3.8, 4) is 6.57 Å². The number of rotatable bonds is 0. The van der Waals surface area contributed by atoms with Crippen molar-refractivity contribution in [2.75, 3.05) is 0 Å². The third-order valence-electron chi connectivity index (χ3n) is 0.804. The van der Waals surface area contributed by atoms with Crippen LogP contribution in [0.15, 0.2) is 24.3 Å². The maximum Gasteiger partial charge on any atom is 0.0462 e. The fraction of sp³-hybridized carbons (Fsp3) is 0. The predicted molar refractivity (Wildman–Crippen MR) is 43.1 cm³/mol. The Balaban J connectivity index is 0.000000371. The molecule has 0 bridgehead atoms. The van der Waals surface area contributed by atoms with E-state index in [1.54, 1.807) is 24.3 Å². The molecule has 0 aliphatic heterocycles. The average molecular weight is 174 g/mol. The monoisotopic (exact) mass is 173 g/mol. The van der Waals surface area contributed by atoms with Crippen LogP contribution >= 0.6 is 23.2 Å². The standard InChI is InChI=1S/C6H4Cl2.CHN/c7-5-1-2-6(8)4-3-5;1-2/h1-4H;1H.